The van der Waals surface area contributed by atoms with E-state index in [0.29, 0.717) is 17.2 Å². The van der Waals surface area contributed by atoms with E-state index in [2.05, 4.69) is 5.10 Å². The van der Waals surface area contributed by atoms with Gasteiger partial charge < -0.3 is 19.6 Å². The molecule has 100 valence electrons. The molecule has 0 saturated heterocycles. The second-order valence-corrected chi connectivity index (χ2v) is 4.05. The lowest BCUT2D eigenvalue weighted by molar-refractivity contribution is -0.389. The molecule has 8 nitrogen and oxygen atoms in total. The first-order valence-corrected chi connectivity index (χ1v) is 5.40. The second-order valence-electron chi connectivity index (χ2n) is 4.05. The molecule has 0 aliphatic carbocycles. The van der Waals surface area contributed by atoms with Gasteiger partial charge in [0.1, 0.15) is 23.6 Å². The van der Waals surface area contributed by atoms with Gasteiger partial charge in [0.05, 0.1) is 16.9 Å². The third-order valence-corrected chi connectivity index (χ3v) is 2.66. The highest BCUT2D eigenvalue weighted by Crippen LogP contribution is 2.18. The van der Waals surface area contributed by atoms with Crippen LogP contribution in [-0.4, -0.2) is 25.8 Å². The minimum atomic E-state index is -1.07. The summed E-state index contributed by atoms with van der Waals surface area (Å²) in [6, 6.07) is 2.73. The van der Waals surface area contributed by atoms with Crippen LogP contribution in [0.3, 0.4) is 0 Å². The Morgan fingerprint density at radius 3 is 2.68 bits per heavy atom. The van der Waals surface area contributed by atoms with Crippen LogP contribution in [0.15, 0.2) is 16.5 Å². The SMILES string of the molecule is Cc1oc(Cn2nc([N+](=O)[O-])cc2C)cc1C(=O)O. The molecule has 0 bridgehead atoms. The average molecular weight is 265 g/mol. The van der Waals surface area contributed by atoms with Crippen LogP contribution in [-0.2, 0) is 6.54 Å². The first-order chi connectivity index (χ1) is 8.88. The summed E-state index contributed by atoms with van der Waals surface area (Å²) in [7, 11) is 0. The molecule has 1 N–H and O–H groups in total. The molecule has 0 fully saturated rings. The highest BCUT2D eigenvalue weighted by Gasteiger charge is 2.19. The standard InChI is InChI=1S/C11H11N3O5/c1-6-3-10(14(17)18)12-13(6)5-8-4-9(11(15)16)7(2)19-8/h3-4H,5H2,1-2H3,(H,15,16). The Bertz CT molecular complexity index is 655. The summed E-state index contributed by atoms with van der Waals surface area (Å²) in [5.41, 5.74) is 0.673. The number of carboxylic acid groups (broad SMARTS) is 1. The van der Waals surface area contributed by atoms with Crippen molar-refractivity contribution in [1.29, 1.82) is 0 Å². The Morgan fingerprint density at radius 2 is 2.21 bits per heavy atom. The van der Waals surface area contributed by atoms with Crippen LogP contribution in [0, 0.1) is 24.0 Å². The maximum atomic E-state index is 10.9. The van der Waals surface area contributed by atoms with Crippen LogP contribution >= 0.6 is 0 Å². The number of rotatable bonds is 4. The molecule has 19 heavy (non-hydrogen) atoms. The molecule has 0 aromatic carbocycles. The largest absolute Gasteiger partial charge is 0.478 e. The van der Waals surface area contributed by atoms with E-state index in [-0.39, 0.29) is 17.9 Å². The Morgan fingerprint density at radius 1 is 1.53 bits per heavy atom. The molecule has 0 unspecified atom stereocenters. The fourth-order valence-electron chi connectivity index (χ4n) is 1.72. The Kier molecular flexibility index (Phi) is 3.07. The van der Waals surface area contributed by atoms with Crippen molar-refractivity contribution < 1.29 is 19.2 Å². The van der Waals surface area contributed by atoms with Crippen molar-refractivity contribution in [2.45, 2.75) is 20.4 Å². The minimum Gasteiger partial charge on any atom is -0.478 e. The fraction of sp³-hybridized carbons (Fsp3) is 0.273. The van der Waals surface area contributed by atoms with Crippen molar-refractivity contribution in [3.63, 3.8) is 0 Å². The van der Waals surface area contributed by atoms with E-state index in [9.17, 15) is 14.9 Å². The van der Waals surface area contributed by atoms with Crippen LogP contribution < -0.4 is 0 Å². The smallest absolute Gasteiger partial charge is 0.390 e. The normalized spacial score (nSPS) is 10.6. The number of carbonyl (C=O) groups is 1. The van der Waals surface area contributed by atoms with Gasteiger partial charge in [-0.3, -0.25) is 0 Å². The molecular weight excluding hydrogens is 254 g/mol. The zero-order valence-electron chi connectivity index (χ0n) is 10.3. The van der Waals surface area contributed by atoms with Crippen molar-refractivity contribution in [3.8, 4) is 0 Å². The lowest BCUT2D eigenvalue weighted by Crippen LogP contribution is -2.03. The van der Waals surface area contributed by atoms with Gasteiger partial charge in [0, 0.05) is 0 Å². The van der Waals surface area contributed by atoms with E-state index in [0.717, 1.165) is 0 Å². The summed E-state index contributed by atoms with van der Waals surface area (Å²) in [5.74, 6) is -0.646. The molecule has 0 aliphatic rings. The molecule has 0 saturated carbocycles. The van der Waals surface area contributed by atoms with Gasteiger partial charge in [-0.25, -0.2) is 4.79 Å². The Hall–Kier alpha value is -2.64. The highest BCUT2D eigenvalue weighted by atomic mass is 16.6. The quantitative estimate of drug-likeness (QED) is 0.665. The highest BCUT2D eigenvalue weighted by molar-refractivity contribution is 5.88. The van der Waals surface area contributed by atoms with Crippen LogP contribution in [0.1, 0.15) is 27.6 Å². The van der Waals surface area contributed by atoms with E-state index in [1.54, 1.807) is 13.8 Å². The summed E-state index contributed by atoms with van der Waals surface area (Å²) in [6.45, 7) is 3.37. The average Bonchev–Trinajstić information content (AvgIpc) is 2.84. The topological polar surface area (TPSA) is 111 Å². The van der Waals surface area contributed by atoms with Crippen LogP contribution in [0.2, 0.25) is 0 Å². The van der Waals surface area contributed by atoms with Gasteiger partial charge in [-0.1, -0.05) is 0 Å². The lowest BCUT2D eigenvalue weighted by atomic mass is 10.2. The number of aryl methyl sites for hydroxylation is 2. The number of hydrogen-bond acceptors (Lipinski definition) is 5. The molecule has 2 aromatic rings. The van der Waals surface area contributed by atoms with Gasteiger partial charge in [-0.2, -0.15) is 4.68 Å². The van der Waals surface area contributed by atoms with Gasteiger partial charge in [-0.15, -0.1) is 0 Å². The van der Waals surface area contributed by atoms with Gasteiger partial charge in [0.25, 0.3) is 0 Å². The van der Waals surface area contributed by atoms with Crippen molar-refractivity contribution in [1.82, 2.24) is 9.78 Å². The van der Waals surface area contributed by atoms with E-state index >= 15 is 0 Å². The Labute approximate surface area is 107 Å². The third kappa shape index (κ3) is 2.46. The van der Waals surface area contributed by atoms with Crippen LogP contribution in [0.25, 0.3) is 0 Å². The molecule has 2 aromatic heterocycles. The van der Waals surface area contributed by atoms with E-state index in [1.165, 1.54) is 16.8 Å². The van der Waals surface area contributed by atoms with Gasteiger partial charge in [0.15, 0.2) is 0 Å². The second kappa shape index (κ2) is 4.56. The predicted octanol–water partition coefficient (Wildman–Crippen LogP) is 1.75. The predicted molar refractivity (Wildman–Crippen MR) is 63.1 cm³/mol. The number of nitrogens with zero attached hydrogens (tertiary/aromatic N) is 3. The van der Waals surface area contributed by atoms with E-state index in [1.807, 2.05) is 0 Å². The van der Waals surface area contributed by atoms with Crippen molar-refractivity contribution in [2.24, 2.45) is 0 Å². The van der Waals surface area contributed by atoms with Crippen LogP contribution in [0.5, 0.6) is 0 Å². The number of furan rings is 1. The van der Waals surface area contributed by atoms with E-state index in [4.69, 9.17) is 9.52 Å². The number of nitro groups is 1. The number of aromatic carboxylic acids is 1. The molecular formula is C11H11N3O5. The zero-order chi connectivity index (χ0) is 14.2. The van der Waals surface area contributed by atoms with E-state index < -0.39 is 10.9 Å². The van der Waals surface area contributed by atoms with Crippen molar-refractivity contribution >= 4 is 11.8 Å². The summed E-state index contributed by atoms with van der Waals surface area (Å²) < 4.78 is 6.68. The first-order valence-electron chi connectivity index (χ1n) is 5.40. The van der Waals surface area contributed by atoms with Gasteiger partial charge in [-0.05, 0) is 24.8 Å². The first kappa shape index (κ1) is 12.8. The van der Waals surface area contributed by atoms with Crippen LogP contribution in [0.4, 0.5) is 5.82 Å². The third-order valence-electron chi connectivity index (χ3n) is 2.66. The molecule has 0 atom stereocenters. The summed E-state index contributed by atoms with van der Waals surface area (Å²) in [4.78, 5) is 20.9. The molecule has 0 amide bonds. The minimum absolute atomic E-state index is 0.0781. The summed E-state index contributed by atoms with van der Waals surface area (Å²) >= 11 is 0. The van der Waals surface area contributed by atoms with Gasteiger partial charge >= 0.3 is 11.8 Å². The Balaban J connectivity index is 2.28. The molecule has 0 spiro atoms. The number of carboxylic acids is 1. The molecule has 2 heterocycles. The fourth-order valence-corrected chi connectivity index (χ4v) is 1.72. The van der Waals surface area contributed by atoms with Gasteiger partial charge in [0.2, 0.25) is 0 Å². The van der Waals surface area contributed by atoms with Crippen molar-refractivity contribution in [2.75, 3.05) is 0 Å². The molecule has 2 rings (SSSR count). The molecule has 0 radical (unpaired) electrons. The summed E-state index contributed by atoms with van der Waals surface area (Å²) in [5, 5.41) is 23.3. The monoisotopic (exact) mass is 265 g/mol. The summed E-state index contributed by atoms with van der Waals surface area (Å²) in [6.07, 6.45) is 0. The number of aromatic nitrogens is 2. The maximum absolute atomic E-state index is 10.9. The maximum Gasteiger partial charge on any atom is 0.390 e. The molecule has 0 aliphatic heterocycles. The number of hydrogen-bond donors (Lipinski definition) is 1. The van der Waals surface area contributed by atoms with Crippen molar-refractivity contribution in [3.05, 3.63) is 45.0 Å². The lowest BCUT2D eigenvalue weighted by Gasteiger charge is -1.95. The zero-order valence-corrected chi connectivity index (χ0v) is 10.3. The molecule has 8 heteroatoms.